The highest BCUT2D eigenvalue weighted by Gasteiger charge is 2.11. The first-order valence-corrected chi connectivity index (χ1v) is 5.51. The maximum Gasteiger partial charge on any atom is 0.123 e. The molecule has 1 aromatic rings. The predicted octanol–water partition coefficient (Wildman–Crippen LogP) is 3.43. The minimum atomic E-state index is -0.663. The standard InChI is InChI=1S/C12H12BrFO/c1-2-3-4-5-12(15)10-8-9(14)6-7-11(10)13/h1,6-8,12,15H,3-5H2. The molecule has 15 heavy (non-hydrogen) atoms. The lowest BCUT2D eigenvalue weighted by Crippen LogP contribution is -1.99. The van der Waals surface area contributed by atoms with Crippen molar-refractivity contribution in [2.75, 3.05) is 0 Å². The lowest BCUT2D eigenvalue weighted by molar-refractivity contribution is 0.164. The zero-order chi connectivity index (χ0) is 11.3. The van der Waals surface area contributed by atoms with E-state index in [1.165, 1.54) is 12.1 Å². The molecule has 0 amide bonds. The van der Waals surface area contributed by atoms with Crippen molar-refractivity contribution in [1.29, 1.82) is 0 Å². The summed E-state index contributed by atoms with van der Waals surface area (Å²) in [5.74, 6) is 2.16. The van der Waals surface area contributed by atoms with Gasteiger partial charge >= 0.3 is 0 Å². The fraction of sp³-hybridized carbons (Fsp3) is 0.333. The van der Waals surface area contributed by atoms with Crippen LogP contribution in [0.25, 0.3) is 0 Å². The molecule has 0 radical (unpaired) electrons. The van der Waals surface area contributed by atoms with Crippen molar-refractivity contribution < 1.29 is 9.50 Å². The Morgan fingerprint density at radius 3 is 2.93 bits per heavy atom. The summed E-state index contributed by atoms with van der Waals surface area (Å²) in [6.45, 7) is 0. The number of hydrogen-bond acceptors (Lipinski definition) is 1. The van der Waals surface area contributed by atoms with Crippen LogP contribution in [0.15, 0.2) is 22.7 Å². The van der Waals surface area contributed by atoms with Crippen LogP contribution in [0.3, 0.4) is 0 Å². The minimum absolute atomic E-state index is 0.343. The van der Waals surface area contributed by atoms with Gasteiger partial charge in [-0.25, -0.2) is 4.39 Å². The molecule has 1 rings (SSSR count). The molecule has 1 N–H and O–H groups in total. The van der Waals surface area contributed by atoms with Gasteiger partial charge in [0.25, 0.3) is 0 Å². The van der Waals surface area contributed by atoms with Gasteiger partial charge in [0.2, 0.25) is 0 Å². The fourth-order valence-electron chi connectivity index (χ4n) is 1.32. The number of aliphatic hydroxyl groups is 1. The van der Waals surface area contributed by atoms with Crippen LogP contribution in [0.4, 0.5) is 4.39 Å². The van der Waals surface area contributed by atoms with Crippen LogP contribution in [0, 0.1) is 18.2 Å². The van der Waals surface area contributed by atoms with Gasteiger partial charge in [0.1, 0.15) is 5.82 Å². The van der Waals surface area contributed by atoms with Gasteiger partial charge in [0, 0.05) is 10.9 Å². The second kappa shape index (κ2) is 5.89. The molecule has 0 heterocycles. The molecule has 0 spiro atoms. The Kier molecular flexibility index (Phi) is 4.80. The summed E-state index contributed by atoms with van der Waals surface area (Å²) in [6, 6.07) is 4.28. The lowest BCUT2D eigenvalue weighted by Gasteiger charge is -2.12. The Morgan fingerprint density at radius 1 is 1.53 bits per heavy atom. The molecule has 3 heteroatoms. The molecular formula is C12H12BrFO. The first-order chi connectivity index (χ1) is 7.15. The van der Waals surface area contributed by atoms with E-state index < -0.39 is 6.10 Å². The first-order valence-electron chi connectivity index (χ1n) is 4.71. The van der Waals surface area contributed by atoms with E-state index in [-0.39, 0.29) is 5.82 Å². The average molecular weight is 271 g/mol. The van der Waals surface area contributed by atoms with Crippen LogP contribution in [0.5, 0.6) is 0 Å². The van der Waals surface area contributed by atoms with E-state index in [0.29, 0.717) is 18.4 Å². The summed E-state index contributed by atoms with van der Waals surface area (Å²) in [7, 11) is 0. The van der Waals surface area contributed by atoms with Crippen molar-refractivity contribution in [2.45, 2.75) is 25.4 Å². The molecule has 80 valence electrons. The molecule has 1 unspecified atom stereocenters. The maximum absolute atomic E-state index is 12.9. The van der Waals surface area contributed by atoms with Crippen LogP contribution < -0.4 is 0 Å². The lowest BCUT2D eigenvalue weighted by atomic mass is 10.0. The Hall–Kier alpha value is -0.850. The van der Waals surface area contributed by atoms with Crippen LogP contribution in [-0.2, 0) is 0 Å². The third-order valence-corrected chi connectivity index (χ3v) is 2.84. The normalized spacial score (nSPS) is 12.1. The molecule has 0 aliphatic carbocycles. The van der Waals surface area contributed by atoms with Gasteiger partial charge in [-0.05, 0) is 36.6 Å². The highest BCUT2D eigenvalue weighted by molar-refractivity contribution is 9.10. The molecule has 1 nitrogen and oxygen atoms in total. The summed E-state index contributed by atoms with van der Waals surface area (Å²) >= 11 is 3.27. The van der Waals surface area contributed by atoms with E-state index in [9.17, 15) is 9.50 Å². The largest absolute Gasteiger partial charge is 0.388 e. The molecule has 1 aromatic carbocycles. The fourth-order valence-corrected chi connectivity index (χ4v) is 1.83. The van der Waals surface area contributed by atoms with E-state index in [2.05, 4.69) is 21.9 Å². The predicted molar refractivity (Wildman–Crippen MR) is 61.7 cm³/mol. The molecule has 0 aliphatic rings. The Labute approximate surface area is 97.4 Å². The van der Waals surface area contributed by atoms with Gasteiger partial charge in [-0.15, -0.1) is 12.3 Å². The van der Waals surface area contributed by atoms with Gasteiger partial charge in [-0.1, -0.05) is 15.9 Å². The van der Waals surface area contributed by atoms with E-state index in [0.717, 1.165) is 10.9 Å². The number of rotatable bonds is 4. The van der Waals surface area contributed by atoms with Gasteiger partial charge in [0.05, 0.1) is 6.10 Å². The Bertz CT molecular complexity index is 370. The zero-order valence-corrected chi connectivity index (χ0v) is 9.80. The SMILES string of the molecule is C#CCCCC(O)c1cc(F)ccc1Br. The molecular weight excluding hydrogens is 259 g/mol. The molecule has 0 saturated heterocycles. The third-order valence-electron chi connectivity index (χ3n) is 2.12. The van der Waals surface area contributed by atoms with Crippen molar-refractivity contribution >= 4 is 15.9 Å². The number of benzene rings is 1. The quantitative estimate of drug-likeness (QED) is 0.657. The highest BCUT2D eigenvalue weighted by Crippen LogP contribution is 2.27. The molecule has 0 aliphatic heterocycles. The van der Waals surface area contributed by atoms with E-state index in [1.54, 1.807) is 6.07 Å². The summed E-state index contributed by atoms with van der Waals surface area (Å²) < 4.78 is 13.7. The first kappa shape index (κ1) is 12.2. The van der Waals surface area contributed by atoms with Crippen molar-refractivity contribution in [1.82, 2.24) is 0 Å². The van der Waals surface area contributed by atoms with Gasteiger partial charge in [-0.3, -0.25) is 0 Å². The van der Waals surface area contributed by atoms with Crippen molar-refractivity contribution in [2.24, 2.45) is 0 Å². The molecule has 0 fully saturated rings. The summed E-state index contributed by atoms with van der Waals surface area (Å²) in [6.07, 6.45) is 6.36. The number of halogens is 2. The van der Waals surface area contributed by atoms with Crippen molar-refractivity contribution in [3.05, 3.63) is 34.1 Å². The highest BCUT2D eigenvalue weighted by atomic mass is 79.9. The number of aliphatic hydroxyl groups excluding tert-OH is 1. The number of terminal acetylenes is 1. The summed E-state index contributed by atoms with van der Waals surface area (Å²) in [5.41, 5.74) is 0.576. The second-order valence-electron chi connectivity index (χ2n) is 3.28. The van der Waals surface area contributed by atoms with Crippen LogP contribution in [-0.4, -0.2) is 5.11 Å². The van der Waals surface area contributed by atoms with Crippen LogP contribution >= 0.6 is 15.9 Å². The monoisotopic (exact) mass is 270 g/mol. The Balaban J connectivity index is 2.69. The smallest absolute Gasteiger partial charge is 0.123 e. The maximum atomic E-state index is 12.9. The Morgan fingerprint density at radius 2 is 2.27 bits per heavy atom. The minimum Gasteiger partial charge on any atom is -0.388 e. The van der Waals surface area contributed by atoms with Crippen LogP contribution in [0.2, 0.25) is 0 Å². The summed E-state index contributed by atoms with van der Waals surface area (Å²) in [4.78, 5) is 0. The second-order valence-corrected chi connectivity index (χ2v) is 4.13. The molecule has 0 aromatic heterocycles. The van der Waals surface area contributed by atoms with E-state index in [4.69, 9.17) is 6.42 Å². The number of unbranched alkanes of at least 4 members (excludes halogenated alkanes) is 1. The molecule has 1 atom stereocenters. The topological polar surface area (TPSA) is 20.2 Å². The molecule has 0 saturated carbocycles. The van der Waals surface area contributed by atoms with Crippen molar-refractivity contribution in [3.63, 3.8) is 0 Å². The zero-order valence-electron chi connectivity index (χ0n) is 8.21. The van der Waals surface area contributed by atoms with Crippen LogP contribution in [0.1, 0.15) is 30.9 Å². The van der Waals surface area contributed by atoms with Gasteiger partial charge in [-0.2, -0.15) is 0 Å². The van der Waals surface area contributed by atoms with Gasteiger partial charge < -0.3 is 5.11 Å². The van der Waals surface area contributed by atoms with E-state index >= 15 is 0 Å². The third kappa shape index (κ3) is 3.65. The van der Waals surface area contributed by atoms with Crippen molar-refractivity contribution in [3.8, 4) is 12.3 Å². The number of hydrogen-bond donors (Lipinski definition) is 1. The van der Waals surface area contributed by atoms with Gasteiger partial charge in [0.15, 0.2) is 0 Å². The summed E-state index contributed by atoms with van der Waals surface area (Å²) in [5, 5.41) is 9.79. The molecule has 0 bridgehead atoms. The average Bonchev–Trinajstić information content (AvgIpc) is 2.22. The van der Waals surface area contributed by atoms with E-state index in [1.807, 2.05) is 0 Å².